The van der Waals surface area contributed by atoms with Crippen molar-refractivity contribution in [3.63, 3.8) is 0 Å². The van der Waals surface area contributed by atoms with Gasteiger partial charge in [-0.25, -0.2) is 4.98 Å². The Hall–Kier alpha value is -2.89. The normalized spacial score (nSPS) is 13.5. The molecular formula is C18H19N5O. The van der Waals surface area contributed by atoms with Gasteiger partial charge in [-0.15, -0.1) is 0 Å². The maximum Gasteiger partial charge on any atom is 0.255 e. The van der Waals surface area contributed by atoms with Gasteiger partial charge in [-0.2, -0.15) is 5.10 Å². The lowest BCUT2D eigenvalue weighted by atomic mass is 10.1. The monoisotopic (exact) mass is 321 g/mol. The first kappa shape index (κ1) is 14.7. The molecule has 0 atom stereocenters. The minimum Gasteiger partial charge on any atom is -0.348 e. The standard InChI is InChI=1S/C18H19N5O/c24-18(15-12-21-23-9-4-3-7-17(15)23)20-11-14-5-1-2-6-16(14)22-10-8-19-13-22/h1-2,5-6,8,10,12-13H,3-4,7,9,11H2,(H,20,24). The van der Waals surface area contributed by atoms with Crippen LogP contribution in [0.2, 0.25) is 0 Å². The van der Waals surface area contributed by atoms with Gasteiger partial charge in [0.15, 0.2) is 0 Å². The fraction of sp³-hybridized carbons (Fsp3) is 0.278. The Morgan fingerprint density at radius 1 is 1.25 bits per heavy atom. The van der Waals surface area contributed by atoms with E-state index in [-0.39, 0.29) is 5.91 Å². The van der Waals surface area contributed by atoms with Gasteiger partial charge in [-0.3, -0.25) is 9.48 Å². The van der Waals surface area contributed by atoms with E-state index in [0.717, 1.165) is 42.8 Å². The van der Waals surface area contributed by atoms with Gasteiger partial charge >= 0.3 is 0 Å². The minimum absolute atomic E-state index is 0.0569. The highest BCUT2D eigenvalue weighted by atomic mass is 16.1. The van der Waals surface area contributed by atoms with Gasteiger partial charge in [0.05, 0.1) is 29.5 Å². The number of carbonyl (C=O) groups is 1. The van der Waals surface area contributed by atoms with Gasteiger partial charge in [0.1, 0.15) is 0 Å². The van der Waals surface area contributed by atoms with Crippen molar-refractivity contribution >= 4 is 5.91 Å². The summed E-state index contributed by atoms with van der Waals surface area (Å²) < 4.78 is 3.90. The van der Waals surface area contributed by atoms with E-state index in [0.29, 0.717) is 12.1 Å². The van der Waals surface area contributed by atoms with Crippen molar-refractivity contribution in [2.45, 2.75) is 32.4 Å². The predicted octanol–water partition coefficient (Wildman–Crippen LogP) is 2.34. The third-order valence-corrected chi connectivity index (χ3v) is 4.44. The molecular weight excluding hydrogens is 302 g/mol. The highest BCUT2D eigenvalue weighted by molar-refractivity contribution is 5.95. The molecule has 1 N–H and O–H groups in total. The quantitative estimate of drug-likeness (QED) is 0.802. The second-order valence-electron chi connectivity index (χ2n) is 5.97. The van der Waals surface area contributed by atoms with Crippen LogP contribution in [0.5, 0.6) is 0 Å². The Morgan fingerprint density at radius 2 is 2.17 bits per heavy atom. The molecule has 1 aromatic carbocycles. The first-order chi connectivity index (χ1) is 11.8. The van der Waals surface area contributed by atoms with E-state index < -0.39 is 0 Å². The van der Waals surface area contributed by atoms with E-state index in [9.17, 15) is 4.79 Å². The molecule has 3 heterocycles. The van der Waals surface area contributed by atoms with Gasteiger partial charge in [0, 0.05) is 25.5 Å². The fourth-order valence-corrected chi connectivity index (χ4v) is 3.20. The van der Waals surface area contributed by atoms with Crippen molar-refractivity contribution in [2.24, 2.45) is 0 Å². The van der Waals surface area contributed by atoms with Gasteiger partial charge in [0.2, 0.25) is 0 Å². The van der Waals surface area contributed by atoms with Crippen LogP contribution in [-0.2, 0) is 19.5 Å². The Kier molecular flexibility index (Phi) is 3.86. The van der Waals surface area contributed by atoms with Gasteiger partial charge in [0.25, 0.3) is 5.91 Å². The molecule has 0 radical (unpaired) electrons. The Labute approximate surface area is 140 Å². The summed E-state index contributed by atoms with van der Waals surface area (Å²) in [5.74, 6) is -0.0569. The summed E-state index contributed by atoms with van der Waals surface area (Å²) in [5.41, 5.74) is 3.83. The first-order valence-corrected chi connectivity index (χ1v) is 8.22. The smallest absolute Gasteiger partial charge is 0.255 e. The SMILES string of the molecule is O=C(NCc1ccccc1-n1ccnc1)c1cnn2c1CCCC2. The molecule has 0 saturated heterocycles. The molecule has 4 rings (SSSR count). The molecule has 0 unspecified atom stereocenters. The Balaban J connectivity index is 1.52. The Morgan fingerprint density at radius 3 is 3.04 bits per heavy atom. The summed E-state index contributed by atoms with van der Waals surface area (Å²) in [6.07, 6.45) is 10.3. The van der Waals surface area contributed by atoms with Crippen LogP contribution in [0.1, 0.15) is 34.5 Å². The first-order valence-electron chi connectivity index (χ1n) is 8.22. The van der Waals surface area contributed by atoms with E-state index in [4.69, 9.17) is 0 Å². The Bertz CT molecular complexity index is 850. The van der Waals surface area contributed by atoms with Crippen LogP contribution in [0.4, 0.5) is 0 Å². The number of amides is 1. The second kappa shape index (κ2) is 6.31. The average molecular weight is 321 g/mol. The number of aromatic nitrogens is 4. The zero-order valence-corrected chi connectivity index (χ0v) is 13.4. The molecule has 0 aliphatic carbocycles. The largest absolute Gasteiger partial charge is 0.348 e. The van der Waals surface area contributed by atoms with Crippen LogP contribution in [0.25, 0.3) is 5.69 Å². The fourth-order valence-electron chi connectivity index (χ4n) is 3.20. The van der Waals surface area contributed by atoms with E-state index >= 15 is 0 Å². The number of para-hydroxylation sites is 1. The summed E-state index contributed by atoms with van der Waals surface area (Å²) >= 11 is 0. The van der Waals surface area contributed by atoms with Crippen LogP contribution in [0.3, 0.4) is 0 Å². The number of hydrogen-bond acceptors (Lipinski definition) is 3. The second-order valence-corrected chi connectivity index (χ2v) is 5.97. The number of carbonyl (C=O) groups excluding carboxylic acids is 1. The van der Waals surface area contributed by atoms with Gasteiger partial charge in [-0.05, 0) is 30.9 Å². The number of nitrogens with one attached hydrogen (secondary N) is 1. The van der Waals surface area contributed by atoms with Crippen LogP contribution >= 0.6 is 0 Å². The van der Waals surface area contributed by atoms with Crippen LogP contribution in [0, 0.1) is 0 Å². The number of rotatable bonds is 4. The predicted molar refractivity (Wildman–Crippen MR) is 89.9 cm³/mol. The number of fused-ring (bicyclic) bond motifs is 1. The number of aryl methyl sites for hydroxylation is 1. The maximum absolute atomic E-state index is 12.6. The minimum atomic E-state index is -0.0569. The molecule has 1 aliphatic heterocycles. The maximum atomic E-state index is 12.6. The molecule has 1 amide bonds. The average Bonchev–Trinajstić information content (AvgIpc) is 3.29. The molecule has 6 nitrogen and oxygen atoms in total. The molecule has 1 aliphatic rings. The van der Waals surface area contributed by atoms with Gasteiger partial charge < -0.3 is 9.88 Å². The molecule has 3 aromatic rings. The lowest BCUT2D eigenvalue weighted by molar-refractivity contribution is 0.0949. The molecule has 0 saturated carbocycles. The van der Waals surface area contributed by atoms with Crippen LogP contribution in [0.15, 0.2) is 49.2 Å². The third-order valence-electron chi connectivity index (χ3n) is 4.44. The number of imidazole rings is 1. The molecule has 122 valence electrons. The summed E-state index contributed by atoms with van der Waals surface area (Å²) in [4.78, 5) is 16.7. The van der Waals surface area contributed by atoms with Crippen molar-refractivity contribution in [1.82, 2.24) is 24.6 Å². The van der Waals surface area contributed by atoms with Crippen molar-refractivity contribution in [3.05, 3.63) is 66.0 Å². The lowest BCUT2D eigenvalue weighted by Crippen LogP contribution is -2.25. The molecule has 0 bridgehead atoms. The number of benzene rings is 1. The highest BCUT2D eigenvalue weighted by Gasteiger charge is 2.19. The van der Waals surface area contributed by atoms with Crippen molar-refractivity contribution in [2.75, 3.05) is 0 Å². The number of hydrogen-bond donors (Lipinski definition) is 1. The zero-order valence-electron chi connectivity index (χ0n) is 13.4. The summed E-state index contributed by atoms with van der Waals surface area (Å²) in [6.45, 7) is 1.38. The molecule has 0 fully saturated rings. The van der Waals surface area contributed by atoms with Crippen LogP contribution in [-0.4, -0.2) is 25.2 Å². The van der Waals surface area contributed by atoms with E-state index in [2.05, 4.69) is 15.4 Å². The molecule has 24 heavy (non-hydrogen) atoms. The lowest BCUT2D eigenvalue weighted by Gasteiger charge is -2.15. The third kappa shape index (κ3) is 2.71. The van der Waals surface area contributed by atoms with Crippen LogP contribution < -0.4 is 5.32 Å². The van der Waals surface area contributed by atoms with Crippen molar-refractivity contribution in [3.8, 4) is 5.69 Å². The number of nitrogens with zero attached hydrogens (tertiary/aromatic N) is 4. The summed E-state index contributed by atoms with van der Waals surface area (Å²) in [7, 11) is 0. The van der Waals surface area contributed by atoms with E-state index in [1.54, 1.807) is 18.7 Å². The highest BCUT2D eigenvalue weighted by Crippen LogP contribution is 2.19. The van der Waals surface area contributed by atoms with Crippen molar-refractivity contribution < 1.29 is 4.79 Å². The topological polar surface area (TPSA) is 64.7 Å². The van der Waals surface area contributed by atoms with Gasteiger partial charge in [-0.1, -0.05) is 18.2 Å². The van der Waals surface area contributed by atoms with E-state index in [1.165, 1.54) is 0 Å². The van der Waals surface area contributed by atoms with Crippen molar-refractivity contribution in [1.29, 1.82) is 0 Å². The van der Waals surface area contributed by atoms with E-state index in [1.807, 2.05) is 39.7 Å². The zero-order chi connectivity index (χ0) is 16.4. The molecule has 2 aromatic heterocycles. The summed E-state index contributed by atoms with van der Waals surface area (Å²) in [6, 6.07) is 7.99. The summed E-state index contributed by atoms with van der Waals surface area (Å²) in [5, 5.41) is 7.36. The molecule has 0 spiro atoms. The molecule has 6 heteroatoms.